The quantitative estimate of drug-likeness (QED) is 0.627. The molecule has 3 rings (SSSR count). The Kier molecular flexibility index (Phi) is 6.12. The minimum absolute atomic E-state index is 0.00902. The van der Waals surface area contributed by atoms with E-state index in [1.54, 1.807) is 37.7 Å². The number of ether oxygens (including phenoxy) is 1. The average Bonchev–Trinajstić information content (AvgIpc) is 3.31. The smallest absolute Gasteiger partial charge is 0.387 e. The Morgan fingerprint density at radius 2 is 2.07 bits per heavy atom. The number of amides is 2. The van der Waals surface area contributed by atoms with Crippen LogP contribution in [0, 0.1) is 0 Å². The van der Waals surface area contributed by atoms with E-state index in [2.05, 4.69) is 25.3 Å². The number of rotatable bonds is 7. The van der Waals surface area contributed by atoms with Crippen molar-refractivity contribution in [1.29, 1.82) is 0 Å². The fourth-order valence-electron chi connectivity index (χ4n) is 2.25. The molecule has 0 saturated heterocycles. The topological polar surface area (TPSA) is 102 Å². The van der Waals surface area contributed by atoms with Gasteiger partial charge in [-0.3, -0.25) is 14.9 Å². The first-order valence-corrected chi connectivity index (χ1v) is 9.13. The third-order valence-electron chi connectivity index (χ3n) is 3.67. The molecule has 152 valence electrons. The maximum absolute atomic E-state index is 12.6. The van der Waals surface area contributed by atoms with Crippen molar-refractivity contribution in [1.82, 2.24) is 24.9 Å². The number of aromatic nitrogens is 4. The fraction of sp³-hybridized carbons (Fsp3) is 0.235. The lowest BCUT2D eigenvalue weighted by atomic mass is 10.1. The standard InChI is InChI=1S/C17H16F2N6O3S/c1-24(2)14(26)8-25-7-11(22-23-25)15(27)21-17-20-12(9-29-17)10-5-3-4-6-13(10)28-16(18)19/h3-7,9,16H,8H2,1-2H3,(H,20,21,27). The van der Waals surface area contributed by atoms with Crippen molar-refractivity contribution < 1.29 is 23.1 Å². The first-order chi connectivity index (χ1) is 13.8. The number of anilines is 1. The Morgan fingerprint density at radius 1 is 1.31 bits per heavy atom. The normalized spacial score (nSPS) is 10.8. The van der Waals surface area contributed by atoms with E-state index in [9.17, 15) is 18.4 Å². The molecule has 0 fully saturated rings. The summed E-state index contributed by atoms with van der Waals surface area (Å²) in [4.78, 5) is 29.6. The first-order valence-electron chi connectivity index (χ1n) is 8.25. The lowest BCUT2D eigenvalue weighted by Crippen LogP contribution is -2.26. The van der Waals surface area contributed by atoms with Gasteiger partial charge in [0.1, 0.15) is 12.3 Å². The molecule has 0 unspecified atom stereocenters. The number of nitrogens with one attached hydrogen (secondary N) is 1. The molecule has 1 aromatic carbocycles. The summed E-state index contributed by atoms with van der Waals surface area (Å²) in [6.07, 6.45) is 1.34. The van der Waals surface area contributed by atoms with Gasteiger partial charge in [-0.1, -0.05) is 17.3 Å². The Labute approximate surface area is 167 Å². The molecule has 2 aromatic heterocycles. The second-order valence-corrected chi connectivity index (χ2v) is 6.81. The van der Waals surface area contributed by atoms with E-state index in [0.717, 1.165) is 11.3 Å². The number of carbonyl (C=O) groups is 2. The van der Waals surface area contributed by atoms with Gasteiger partial charge >= 0.3 is 6.61 Å². The van der Waals surface area contributed by atoms with Crippen molar-refractivity contribution in [3.63, 3.8) is 0 Å². The summed E-state index contributed by atoms with van der Waals surface area (Å²) in [5.74, 6) is -0.776. The highest BCUT2D eigenvalue weighted by Crippen LogP contribution is 2.33. The molecular formula is C17H16F2N6O3S. The summed E-state index contributed by atoms with van der Waals surface area (Å²) in [5.41, 5.74) is 0.759. The van der Waals surface area contributed by atoms with Crippen LogP contribution in [0.4, 0.5) is 13.9 Å². The first kappa shape index (κ1) is 20.3. The number of alkyl halides is 2. The van der Waals surface area contributed by atoms with Gasteiger partial charge in [-0.25, -0.2) is 9.67 Å². The van der Waals surface area contributed by atoms with Gasteiger partial charge in [0.2, 0.25) is 5.91 Å². The zero-order valence-electron chi connectivity index (χ0n) is 15.4. The van der Waals surface area contributed by atoms with Crippen LogP contribution in [0.3, 0.4) is 0 Å². The van der Waals surface area contributed by atoms with E-state index in [-0.39, 0.29) is 29.0 Å². The van der Waals surface area contributed by atoms with Crippen molar-refractivity contribution >= 4 is 28.3 Å². The highest BCUT2D eigenvalue weighted by molar-refractivity contribution is 7.14. The van der Waals surface area contributed by atoms with Gasteiger partial charge in [-0.2, -0.15) is 8.78 Å². The fourth-order valence-corrected chi connectivity index (χ4v) is 2.96. The number of hydrogen-bond acceptors (Lipinski definition) is 7. The Morgan fingerprint density at radius 3 is 2.79 bits per heavy atom. The summed E-state index contributed by atoms with van der Waals surface area (Å²) >= 11 is 1.11. The lowest BCUT2D eigenvalue weighted by Gasteiger charge is -2.08. The molecule has 0 aliphatic heterocycles. The molecular weight excluding hydrogens is 406 g/mol. The summed E-state index contributed by atoms with van der Waals surface area (Å²) in [6.45, 7) is -3.01. The van der Waals surface area contributed by atoms with Crippen molar-refractivity contribution in [3.05, 3.63) is 41.5 Å². The highest BCUT2D eigenvalue weighted by Gasteiger charge is 2.17. The summed E-state index contributed by atoms with van der Waals surface area (Å²) in [7, 11) is 3.22. The summed E-state index contributed by atoms with van der Waals surface area (Å²) in [5, 5.41) is 11.9. The third kappa shape index (κ3) is 5.10. The number of hydrogen-bond donors (Lipinski definition) is 1. The number of nitrogens with zero attached hydrogens (tertiary/aromatic N) is 5. The van der Waals surface area contributed by atoms with Gasteiger partial charge in [0, 0.05) is 25.0 Å². The molecule has 0 aliphatic carbocycles. The SMILES string of the molecule is CN(C)C(=O)Cn1cc(C(=O)Nc2nc(-c3ccccc3OC(F)F)cs2)nn1. The molecule has 0 spiro atoms. The van der Waals surface area contributed by atoms with Gasteiger partial charge in [0.15, 0.2) is 10.8 Å². The van der Waals surface area contributed by atoms with Gasteiger partial charge < -0.3 is 9.64 Å². The van der Waals surface area contributed by atoms with Crippen molar-refractivity contribution in [2.24, 2.45) is 0 Å². The Bertz CT molecular complexity index is 1020. The van der Waals surface area contributed by atoms with Crippen molar-refractivity contribution in [2.45, 2.75) is 13.2 Å². The van der Waals surface area contributed by atoms with Crippen LogP contribution in [0.1, 0.15) is 10.5 Å². The van der Waals surface area contributed by atoms with Crippen LogP contribution in [-0.2, 0) is 11.3 Å². The van der Waals surface area contributed by atoms with Crippen LogP contribution >= 0.6 is 11.3 Å². The van der Waals surface area contributed by atoms with E-state index in [4.69, 9.17) is 0 Å². The molecule has 0 bridgehead atoms. The number of para-hydroxylation sites is 1. The van der Waals surface area contributed by atoms with Gasteiger partial charge in [-0.15, -0.1) is 16.4 Å². The Balaban J connectivity index is 1.70. The molecule has 29 heavy (non-hydrogen) atoms. The molecule has 0 atom stereocenters. The van der Waals surface area contributed by atoms with Gasteiger partial charge in [0.05, 0.1) is 11.9 Å². The van der Waals surface area contributed by atoms with E-state index in [0.29, 0.717) is 11.3 Å². The molecule has 0 aliphatic rings. The largest absolute Gasteiger partial charge is 0.434 e. The predicted octanol–water partition coefficient (Wildman–Crippen LogP) is 2.34. The second-order valence-electron chi connectivity index (χ2n) is 5.96. The van der Waals surface area contributed by atoms with Crippen LogP contribution in [0.5, 0.6) is 5.75 Å². The van der Waals surface area contributed by atoms with E-state index in [1.807, 2.05) is 0 Å². The monoisotopic (exact) mass is 422 g/mol. The predicted molar refractivity (Wildman–Crippen MR) is 101 cm³/mol. The van der Waals surface area contributed by atoms with Gasteiger partial charge in [0.25, 0.3) is 5.91 Å². The molecule has 2 heterocycles. The number of benzene rings is 1. The zero-order valence-corrected chi connectivity index (χ0v) is 16.2. The molecule has 1 N–H and O–H groups in total. The minimum atomic E-state index is -2.96. The number of likely N-dealkylation sites (N-methyl/N-ethyl adjacent to an activating group) is 1. The molecule has 0 saturated carbocycles. The van der Waals surface area contributed by atoms with Gasteiger partial charge in [-0.05, 0) is 12.1 Å². The zero-order chi connectivity index (χ0) is 21.0. The molecule has 3 aromatic rings. The molecule has 2 amide bonds. The van der Waals surface area contributed by atoms with Crippen LogP contribution in [0.15, 0.2) is 35.8 Å². The second kappa shape index (κ2) is 8.73. The number of halogens is 2. The van der Waals surface area contributed by atoms with Crippen molar-refractivity contribution in [3.8, 4) is 17.0 Å². The number of carbonyl (C=O) groups excluding carboxylic acids is 2. The Hall–Kier alpha value is -3.41. The van der Waals surface area contributed by atoms with E-state index < -0.39 is 12.5 Å². The van der Waals surface area contributed by atoms with Crippen LogP contribution in [-0.4, -0.2) is 57.4 Å². The van der Waals surface area contributed by atoms with Crippen molar-refractivity contribution in [2.75, 3.05) is 19.4 Å². The molecule has 0 radical (unpaired) electrons. The lowest BCUT2D eigenvalue weighted by molar-refractivity contribution is -0.129. The van der Waals surface area contributed by atoms with Crippen LogP contribution < -0.4 is 10.1 Å². The average molecular weight is 422 g/mol. The molecule has 9 nitrogen and oxygen atoms in total. The molecule has 12 heteroatoms. The third-order valence-corrected chi connectivity index (χ3v) is 4.43. The maximum atomic E-state index is 12.6. The summed E-state index contributed by atoms with van der Waals surface area (Å²) < 4.78 is 30.9. The summed E-state index contributed by atoms with van der Waals surface area (Å²) in [6, 6.07) is 6.23. The minimum Gasteiger partial charge on any atom is -0.434 e. The van der Waals surface area contributed by atoms with E-state index in [1.165, 1.54) is 21.8 Å². The highest BCUT2D eigenvalue weighted by atomic mass is 32.1. The number of thiazole rings is 1. The van der Waals surface area contributed by atoms with E-state index >= 15 is 0 Å². The van der Waals surface area contributed by atoms with Crippen LogP contribution in [0.25, 0.3) is 11.3 Å². The maximum Gasteiger partial charge on any atom is 0.387 e. The van der Waals surface area contributed by atoms with Crippen LogP contribution in [0.2, 0.25) is 0 Å².